The number of pyridine rings is 1. The molecule has 196 valence electrons. The summed E-state index contributed by atoms with van der Waals surface area (Å²) in [5.41, 5.74) is 1.75. The minimum Gasteiger partial charge on any atom is -0.436 e. The fourth-order valence-corrected chi connectivity index (χ4v) is 4.76. The van der Waals surface area contributed by atoms with Crippen molar-refractivity contribution in [3.8, 4) is 0 Å². The van der Waals surface area contributed by atoms with Crippen LogP contribution in [-0.4, -0.2) is 46.5 Å². The van der Waals surface area contributed by atoms with Crippen LogP contribution in [0.15, 0.2) is 28.9 Å². The van der Waals surface area contributed by atoms with Gasteiger partial charge in [0.2, 0.25) is 0 Å². The third-order valence-corrected chi connectivity index (χ3v) is 6.70. The van der Waals surface area contributed by atoms with Gasteiger partial charge in [-0.3, -0.25) is 14.6 Å². The maximum Gasteiger partial charge on any atom is 0.408 e. The second-order valence-corrected chi connectivity index (χ2v) is 11.8. The number of ketones is 1. The maximum atomic E-state index is 12.9. The van der Waals surface area contributed by atoms with Gasteiger partial charge < -0.3 is 20.7 Å². The topological polar surface area (TPSA) is 109 Å². The van der Waals surface area contributed by atoms with Gasteiger partial charge in [0, 0.05) is 33.7 Å². The number of hydrogen-bond acceptors (Lipinski definition) is 6. The van der Waals surface area contributed by atoms with E-state index in [0.29, 0.717) is 5.56 Å². The zero-order valence-electron chi connectivity index (χ0n) is 21.9. The van der Waals surface area contributed by atoms with Crippen molar-refractivity contribution in [2.45, 2.75) is 91.0 Å². The van der Waals surface area contributed by atoms with Crippen LogP contribution in [0.3, 0.4) is 0 Å². The predicted molar refractivity (Wildman–Crippen MR) is 145 cm³/mol. The lowest BCUT2D eigenvalue weighted by molar-refractivity contribution is -0.132. The van der Waals surface area contributed by atoms with Gasteiger partial charge >= 0.3 is 6.09 Å². The SMILES string of the molecule is CC(=O)c1cnc2ccc(Br)cc2c1NC1CCC(NC(=O)C(OC(=O)NC(C)(C)C)C(C)C)CC1. The molecule has 0 aliphatic heterocycles. The Kier molecular flexibility index (Phi) is 8.98. The van der Waals surface area contributed by atoms with E-state index >= 15 is 0 Å². The first kappa shape index (κ1) is 27.9. The summed E-state index contributed by atoms with van der Waals surface area (Å²) < 4.78 is 6.38. The van der Waals surface area contributed by atoms with Crippen LogP contribution in [0.4, 0.5) is 10.5 Å². The molecule has 1 aliphatic carbocycles. The average molecular weight is 562 g/mol. The lowest BCUT2D eigenvalue weighted by atomic mass is 9.90. The largest absolute Gasteiger partial charge is 0.436 e. The number of amides is 2. The normalized spacial score (nSPS) is 19.0. The van der Waals surface area contributed by atoms with Crippen LogP contribution in [0, 0.1) is 5.92 Å². The lowest BCUT2D eigenvalue weighted by Crippen LogP contribution is -2.50. The predicted octanol–water partition coefficient (Wildman–Crippen LogP) is 5.59. The zero-order valence-corrected chi connectivity index (χ0v) is 23.5. The summed E-state index contributed by atoms with van der Waals surface area (Å²) in [7, 11) is 0. The summed E-state index contributed by atoms with van der Waals surface area (Å²) in [6.07, 6.45) is 3.41. The molecule has 0 radical (unpaired) electrons. The molecule has 0 saturated heterocycles. The first-order chi connectivity index (χ1) is 16.8. The van der Waals surface area contributed by atoms with E-state index in [4.69, 9.17) is 4.74 Å². The molecule has 0 spiro atoms. The summed E-state index contributed by atoms with van der Waals surface area (Å²) in [5.74, 6) is -0.463. The first-order valence-corrected chi connectivity index (χ1v) is 13.3. The number of carbonyl (C=O) groups excluding carboxylic acids is 3. The van der Waals surface area contributed by atoms with Gasteiger partial charge in [0.15, 0.2) is 11.9 Å². The Hall–Kier alpha value is -2.68. The maximum absolute atomic E-state index is 12.9. The zero-order chi connectivity index (χ0) is 26.6. The Balaban J connectivity index is 1.63. The molecule has 1 unspecified atom stereocenters. The first-order valence-electron chi connectivity index (χ1n) is 12.5. The van der Waals surface area contributed by atoms with Gasteiger partial charge in [-0.1, -0.05) is 29.8 Å². The van der Waals surface area contributed by atoms with E-state index in [9.17, 15) is 14.4 Å². The molecule has 0 bridgehead atoms. The van der Waals surface area contributed by atoms with Crippen LogP contribution in [-0.2, 0) is 9.53 Å². The molecule has 8 nitrogen and oxygen atoms in total. The molecule has 3 rings (SSSR count). The number of hydrogen-bond donors (Lipinski definition) is 3. The van der Waals surface area contributed by atoms with Gasteiger partial charge in [-0.05, 0) is 77.5 Å². The van der Waals surface area contributed by atoms with Gasteiger partial charge in [-0.25, -0.2) is 4.79 Å². The van der Waals surface area contributed by atoms with Crippen molar-refractivity contribution < 1.29 is 19.1 Å². The smallest absolute Gasteiger partial charge is 0.408 e. The second kappa shape index (κ2) is 11.6. The summed E-state index contributed by atoms with van der Waals surface area (Å²) in [6, 6.07) is 6.00. The Labute approximate surface area is 221 Å². The molecule has 1 heterocycles. The number of Topliss-reactive ketones (excluding diaryl/α,β-unsaturated/α-hetero) is 1. The van der Waals surface area contributed by atoms with Crippen LogP contribution in [0.2, 0.25) is 0 Å². The van der Waals surface area contributed by atoms with Gasteiger partial charge in [-0.2, -0.15) is 0 Å². The van der Waals surface area contributed by atoms with Crippen molar-refractivity contribution >= 4 is 50.3 Å². The van der Waals surface area contributed by atoms with E-state index in [1.807, 2.05) is 52.8 Å². The number of alkyl carbamates (subject to hydrolysis) is 1. The number of benzene rings is 1. The van der Waals surface area contributed by atoms with Crippen LogP contribution in [0.5, 0.6) is 0 Å². The van der Waals surface area contributed by atoms with Gasteiger partial charge in [-0.15, -0.1) is 0 Å². The molecule has 1 aliphatic rings. The molecule has 1 fully saturated rings. The van der Waals surface area contributed by atoms with Crippen LogP contribution in [0.1, 0.15) is 77.6 Å². The summed E-state index contributed by atoms with van der Waals surface area (Å²) in [6.45, 7) is 10.8. The van der Waals surface area contributed by atoms with Crippen molar-refractivity contribution in [3.05, 3.63) is 34.4 Å². The fraction of sp³-hybridized carbons (Fsp3) is 0.556. The molecule has 1 atom stereocenters. The highest BCUT2D eigenvalue weighted by molar-refractivity contribution is 9.10. The summed E-state index contributed by atoms with van der Waals surface area (Å²) in [5, 5.41) is 10.3. The number of rotatable bonds is 7. The molecule has 36 heavy (non-hydrogen) atoms. The van der Waals surface area contributed by atoms with E-state index in [0.717, 1.165) is 46.7 Å². The van der Waals surface area contributed by atoms with Crippen molar-refractivity contribution in [2.75, 3.05) is 5.32 Å². The van der Waals surface area contributed by atoms with E-state index in [-0.39, 0.29) is 29.7 Å². The van der Waals surface area contributed by atoms with Crippen molar-refractivity contribution in [1.82, 2.24) is 15.6 Å². The average Bonchev–Trinajstić information content (AvgIpc) is 2.77. The molecule has 1 saturated carbocycles. The minimum absolute atomic E-state index is 0.00156. The van der Waals surface area contributed by atoms with Gasteiger partial charge in [0.05, 0.1) is 16.8 Å². The quantitative estimate of drug-likeness (QED) is 0.381. The number of ether oxygens (including phenoxy) is 1. The van der Waals surface area contributed by atoms with E-state index in [1.54, 1.807) is 13.1 Å². The molecule has 2 amide bonds. The molecule has 1 aromatic heterocycles. The molecule has 2 aromatic rings. The minimum atomic E-state index is -0.858. The molecular formula is C27H37BrN4O4. The highest BCUT2D eigenvalue weighted by Gasteiger charge is 2.31. The standard InChI is InChI=1S/C27H37BrN4O4/c1-15(2)24(36-26(35)32-27(4,5)6)25(34)31-19-10-8-18(9-11-19)30-23-20-13-17(28)7-12-22(20)29-14-21(23)16(3)33/h7,12-15,18-19,24H,8-11H2,1-6H3,(H,29,30)(H,31,34)(H,32,35). The molecule has 1 aromatic carbocycles. The number of halogens is 1. The summed E-state index contributed by atoms with van der Waals surface area (Å²) in [4.78, 5) is 41.9. The van der Waals surface area contributed by atoms with Crippen LogP contribution < -0.4 is 16.0 Å². The number of aromatic nitrogens is 1. The third kappa shape index (κ3) is 7.41. The number of anilines is 1. The molecule has 9 heteroatoms. The fourth-order valence-electron chi connectivity index (χ4n) is 4.40. The van der Waals surface area contributed by atoms with E-state index in [1.165, 1.54) is 0 Å². The Morgan fingerprint density at radius 2 is 1.72 bits per heavy atom. The van der Waals surface area contributed by atoms with Gasteiger partial charge in [0.25, 0.3) is 5.91 Å². The number of nitrogens with zero attached hydrogens (tertiary/aromatic N) is 1. The monoisotopic (exact) mass is 560 g/mol. The Morgan fingerprint density at radius 3 is 2.31 bits per heavy atom. The highest BCUT2D eigenvalue weighted by Crippen LogP contribution is 2.32. The third-order valence-electron chi connectivity index (χ3n) is 6.21. The Morgan fingerprint density at radius 1 is 1.08 bits per heavy atom. The lowest BCUT2D eigenvalue weighted by Gasteiger charge is -2.32. The van der Waals surface area contributed by atoms with E-state index in [2.05, 4.69) is 36.9 Å². The second-order valence-electron chi connectivity index (χ2n) is 10.9. The van der Waals surface area contributed by atoms with Crippen LogP contribution >= 0.6 is 15.9 Å². The van der Waals surface area contributed by atoms with Gasteiger partial charge in [0.1, 0.15) is 0 Å². The highest BCUT2D eigenvalue weighted by atomic mass is 79.9. The summed E-state index contributed by atoms with van der Waals surface area (Å²) >= 11 is 3.52. The van der Waals surface area contributed by atoms with Crippen molar-refractivity contribution in [3.63, 3.8) is 0 Å². The molecular weight excluding hydrogens is 524 g/mol. The number of nitrogens with one attached hydrogen (secondary N) is 3. The van der Waals surface area contributed by atoms with Crippen molar-refractivity contribution in [1.29, 1.82) is 0 Å². The molecule has 3 N–H and O–H groups in total. The van der Waals surface area contributed by atoms with Crippen molar-refractivity contribution in [2.24, 2.45) is 5.92 Å². The number of carbonyl (C=O) groups is 3. The number of fused-ring (bicyclic) bond motifs is 1. The van der Waals surface area contributed by atoms with E-state index < -0.39 is 17.7 Å². The Bertz CT molecular complexity index is 1120. The van der Waals surface area contributed by atoms with Crippen LogP contribution in [0.25, 0.3) is 10.9 Å².